The molecule has 5 heteroatoms. The second-order valence-electron chi connectivity index (χ2n) is 8.05. The van der Waals surface area contributed by atoms with Gasteiger partial charge in [0.25, 0.3) is 0 Å². The molecule has 0 saturated heterocycles. The predicted molar refractivity (Wildman–Crippen MR) is 126 cm³/mol. The summed E-state index contributed by atoms with van der Waals surface area (Å²) >= 11 is 0. The summed E-state index contributed by atoms with van der Waals surface area (Å²) in [7, 11) is 1.67. The van der Waals surface area contributed by atoms with E-state index in [0.717, 1.165) is 51.2 Å². The first kappa shape index (κ1) is 20.2. The summed E-state index contributed by atoms with van der Waals surface area (Å²) in [5.41, 5.74) is 5.42. The van der Waals surface area contributed by atoms with E-state index >= 15 is 0 Å². The van der Waals surface area contributed by atoms with Crippen LogP contribution < -0.4 is 14.8 Å². The van der Waals surface area contributed by atoms with Gasteiger partial charge in [-0.2, -0.15) is 0 Å². The van der Waals surface area contributed by atoms with Crippen LogP contribution in [0.4, 0.5) is 0 Å². The van der Waals surface area contributed by atoms with Crippen molar-refractivity contribution < 1.29 is 14.3 Å². The maximum Gasteiger partial charge on any atom is 0.220 e. The van der Waals surface area contributed by atoms with E-state index < -0.39 is 0 Å². The molecule has 0 unspecified atom stereocenters. The number of fused-ring (bicyclic) bond motifs is 2. The number of aryl methyl sites for hydroxylation is 1. The molecule has 1 aliphatic rings. The van der Waals surface area contributed by atoms with Gasteiger partial charge in [0.05, 0.1) is 19.8 Å². The lowest BCUT2D eigenvalue weighted by Gasteiger charge is -2.26. The van der Waals surface area contributed by atoms with Crippen molar-refractivity contribution in [2.24, 2.45) is 0 Å². The van der Waals surface area contributed by atoms with Crippen molar-refractivity contribution in [3.05, 3.63) is 83.9 Å². The zero-order valence-corrected chi connectivity index (χ0v) is 18.1. The molecule has 0 bridgehead atoms. The van der Waals surface area contributed by atoms with Gasteiger partial charge in [0.15, 0.2) is 0 Å². The van der Waals surface area contributed by atoms with E-state index in [-0.39, 0.29) is 11.9 Å². The maximum absolute atomic E-state index is 12.9. The lowest BCUT2D eigenvalue weighted by atomic mass is 9.99. The molecule has 1 aromatic heterocycles. The molecule has 0 fully saturated rings. The first-order valence-electron chi connectivity index (χ1n) is 11.0. The minimum absolute atomic E-state index is 0.00326. The summed E-state index contributed by atoms with van der Waals surface area (Å²) in [6.45, 7) is 0.617. The van der Waals surface area contributed by atoms with Crippen LogP contribution in [0.5, 0.6) is 11.5 Å². The summed E-state index contributed by atoms with van der Waals surface area (Å²) in [4.78, 5) is 16.5. The number of benzene rings is 3. The molecule has 0 aliphatic carbocycles. The summed E-state index contributed by atoms with van der Waals surface area (Å²) in [6.07, 6.45) is 1.86. The molecule has 0 saturated carbocycles. The number of carbonyl (C=O) groups excluding carboxylic acids is 1. The van der Waals surface area contributed by atoms with Crippen molar-refractivity contribution in [2.45, 2.75) is 25.3 Å². The summed E-state index contributed by atoms with van der Waals surface area (Å²) in [6, 6.07) is 24.2. The van der Waals surface area contributed by atoms with Gasteiger partial charge in [0.2, 0.25) is 5.91 Å². The average Bonchev–Trinajstić information content (AvgIpc) is 3.21. The highest BCUT2D eigenvalue weighted by molar-refractivity contribution is 5.91. The van der Waals surface area contributed by atoms with Crippen molar-refractivity contribution in [1.82, 2.24) is 10.3 Å². The van der Waals surface area contributed by atoms with Crippen LogP contribution in [0.2, 0.25) is 0 Å². The number of H-pyrrole nitrogens is 1. The average molecular weight is 427 g/mol. The Balaban J connectivity index is 1.36. The molecule has 3 aromatic carbocycles. The second kappa shape index (κ2) is 8.79. The molecule has 32 heavy (non-hydrogen) atoms. The van der Waals surface area contributed by atoms with Crippen LogP contribution in [0.3, 0.4) is 0 Å². The summed E-state index contributed by atoms with van der Waals surface area (Å²) in [5.74, 6) is 1.74. The van der Waals surface area contributed by atoms with E-state index in [1.807, 2.05) is 60.7 Å². The maximum atomic E-state index is 12.9. The third kappa shape index (κ3) is 3.94. The lowest BCUT2D eigenvalue weighted by molar-refractivity contribution is -0.122. The van der Waals surface area contributed by atoms with Crippen LogP contribution >= 0.6 is 0 Å². The molecule has 2 N–H and O–H groups in total. The fourth-order valence-corrected chi connectivity index (χ4v) is 4.46. The number of rotatable bonds is 6. The molecule has 162 valence electrons. The summed E-state index contributed by atoms with van der Waals surface area (Å²) in [5, 5.41) is 4.37. The van der Waals surface area contributed by atoms with Crippen LogP contribution in [-0.4, -0.2) is 24.6 Å². The largest absolute Gasteiger partial charge is 0.497 e. The van der Waals surface area contributed by atoms with Crippen molar-refractivity contribution in [2.75, 3.05) is 13.7 Å². The van der Waals surface area contributed by atoms with Crippen LogP contribution in [0.25, 0.3) is 22.2 Å². The number of aromatic amines is 1. The zero-order chi connectivity index (χ0) is 21.9. The van der Waals surface area contributed by atoms with Crippen LogP contribution in [0.1, 0.15) is 30.0 Å². The lowest BCUT2D eigenvalue weighted by Crippen LogP contribution is -2.32. The smallest absolute Gasteiger partial charge is 0.220 e. The Bertz CT molecular complexity index is 1240. The van der Waals surface area contributed by atoms with Gasteiger partial charge >= 0.3 is 0 Å². The van der Waals surface area contributed by atoms with Crippen molar-refractivity contribution >= 4 is 16.8 Å². The van der Waals surface area contributed by atoms with Crippen LogP contribution in [-0.2, 0) is 11.2 Å². The molecule has 1 atom stereocenters. The Morgan fingerprint density at radius 2 is 1.84 bits per heavy atom. The van der Waals surface area contributed by atoms with Crippen LogP contribution in [0, 0.1) is 0 Å². The molecular formula is C27H26N2O3. The second-order valence-corrected chi connectivity index (χ2v) is 8.05. The number of amides is 1. The molecule has 1 amide bonds. The van der Waals surface area contributed by atoms with Gasteiger partial charge in [-0.15, -0.1) is 0 Å². The zero-order valence-electron chi connectivity index (χ0n) is 18.1. The van der Waals surface area contributed by atoms with E-state index in [9.17, 15) is 4.79 Å². The molecular weight excluding hydrogens is 400 g/mol. The monoisotopic (exact) mass is 426 g/mol. The number of aromatic nitrogens is 1. The van der Waals surface area contributed by atoms with Gasteiger partial charge in [0.1, 0.15) is 11.5 Å². The normalized spacial score (nSPS) is 15.1. The Morgan fingerprint density at radius 3 is 2.69 bits per heavy atom. The summed E-state index contributed by atoms with van der Waals surface area (Å²) < 4.78 is 11.0. The Kier molecular flexibility index (Phi) is 5.55. The fraction of sp³-hybridized carbons (Fsp3) is 0.222. The van der Waals surface area contributed by atoms with Gasteiger partial charge in [-0.3, -0.25) is 4.79 Å². The topological polar surface area (TPSA) is 63.4 Å². The third-order valence-electron chi connectivity index (χ3n) is 6.09. The molecule has 0 spiro atoms. The predicted octanol–water partition coefficient (Wildman–Crippen LogP) is 5.42. The highest BCUT2D eigenvalue weighted by Crippen LogP contribution is 2.33. The minimum Gasteiger partial charge on any atom is -0.497 e. The van der Waals surface area contributed by atoms with Gasteiger partial charge < -0.3 is 19.8 Å². The van der Waals surface area contributed by atoms with Gasteiger partial charge in [0, 0.05) is 35.0 Å². The number of hydrogen-bond donors (Lipinski definition) is 2. The molecule has 4 aromatic rings. The highest BCUT2D eigenvalue weighted by atomic mass is 16.5. The number of nitrogens with one attached hydrogen (secondary N) is 2. The first-order chi connectivity index (χ1) is 15.7. The number of methoxy groups -OCH3 is 1. The van der Waals surface area contributed by atoms with E-state index in [0.29, 0.717) is 19.4 Å². The molecule has 5 nitrogen and oxygen atoms in total. The number of carbonyl (C=O) groups is 1. The van der Waals surface area contributed by atoms with Crippen molar-refractivity contribution in [1.29, 1.82) is 0 Å². The first-order valence-corrected chi connectivity index (χ1v) is 11.0. The molecule has 0 radical (unpaired) electrons. The van der Waals surface area contributed by atoms with Crippen LogP contribution in [0.15, 0.2) is 72.8 Å². The van der Waals surface area contributed by atoms with Gasteiger partial charge in [-0.25, -0.2) is 0 Å². The Morgan fingerprint density at radius 1 is 1.06 bits per heavy atom. The van der Waals surface area contributed by atoms with E-state index in [4.69, 9.17) is 9.47 Å². The number of hydrogen-bond acceptors (Lipinski definition) is 3. The Labute approximate surface area is 187 Å². The molecule has 2 heterocycles. The van der Waals surface area contributed by atoms with Crippen molar-refractivity contribution in [3.8, 4) is 22.8 Å². The Hall–Kier alpha value is -3.73. The number of ether oxygens (including phenoxy) is 2. The standard InChI is InChI=1S/C27H26N2O3/c1-31-19-12-10-18(11-13-19)27-21(20-6-2-4-8-23(20)29-27)14-15-26(30)28-24-16-17-32-25-9-5-3-7-22(24)25/h2-13,24,29H,14-17H2,1H3,(H,28,30)/t24-/m0/s1. The van der Waals surface area contributed by atoms with E-state index in [2.05, 4.69) is 22.4 Å². The quantitative estimate of drug-likeness (QED) is 0.433. The molecule has 1 aliphatic heterocycles. The fourth-order valence-electron chi connectivity index (χ4n) is 4.46. The van der Waals surface area contributed by atoms with Crippen molar-refractivity contribution in [3.63, 3.8) is 0 Å². The third-order valence-corrected chi connectivity index (χ3v) is 6.09. The van der Waals surface area contributed by atoms with Gasteiger partial charge in [-0.1, -0.05) is 36.4 Å². The van der Waals surface area contributed by atoms with E-state index in [1.54, 1.807) is 7.11 Å². The number of para-hydroxylation sites is 2. The van der Waals surface area contributed by atoms with E-state index in [1.165, 1.54) is 0 Å². The molecule has 5 rings (SSSR count). The van der Waals surface area contributed by atoms with Gasteiger partial charge in [-0.05, 0) is 53.9 Å². The highest BCUT2D eigenvalue weighted by Gasteiger charge is 2.23. The minimum atomic E-state index is -0.00326. The SMILES string of the molecule is COc1ccc(-c2[nH]c3ccccc3c2CCC(=O)N[C@H]2CCOc3ccccc32)cc1.